The lowest BCUT2D eigenvalue weighted by atomic mass is 10.0. The van der Waals surface area contributed by atoms with Gasteiger partial charge in [0.15, 0.2) is 5.96 Å². The molecule has 20 heavy (non-hydrogen) atoms. The van der Waals surface area contributed by atoms with Gasteiger partial charge in [-0.3, -0.25) is 14.7 Å². The molecule has 0 radical (unpaired) electrons. The molecule has 0 aromatic heterocycles. The van der Waals surface area contributed by atoms with Crippen molar-refractivity contribution >= 4 is 11.9 Å². The number of carbonyl (C=O) groups is 1. The normalized spacial score (nSPS) is 28.4. The fourth-order valence-corrected chi connectivity index (χ4v) is 2.62. The number of aliphatic imine (C=N–C) groups is 1. The molecule has 0 aromatic rings. The minimum atomic E-state index is -0.575. The lowest BCUT2D eigenvalue weighted by molar-refractivity contribution is -0.129. The van der Waals surface area contributed by atoms with Crippen molar-refractivity contribution in [2.75, 3.05) is 33.2 Å². The first-order chi connectivity index (χ1) is 9.36. The average molecular weight is 281 g/mol. The third-order valence-electron chi connectivity index (χ3n) is 4.61. The molecule has 1 saturated carbocycles. The van der Waals surface area contributed by atoms with E-state index in [4.69, 9.17) is 5.73 Å². The van der Waals surface area contributed by atoms with Gasteiger partial charge in [0.25, 0.3) is 0 Å². The minimum Gasteiger partial charge on any atom is -0.368 e. The molecule has 0 spiro atoms. The van der Waals surface area contributed by atoms with E-state index in [0.717, 1.165) is 38.1 Å². The molecule has 1 aliphatic heterocycles. The maximum Gasteiger partial charge on any atom is 0.237 e. The first-order valence-corrected chi connectivity index (χ1v) is 7.39. The van der Waals surface area contributed by atoms with Crippen LogP contribution in [-0.2, 0) is 4.79 Å². The molecule has 1 heterocycles. The Morgan fingerprint density at radius 3 is 2.25 bits per heavy atom. The quantitative estimate of drug-likeness (QED) is 0.557. The van der Waals surface area contributed by atoms with Crippen LogP contribution in [0.3, 0.4) is 0 Å². The SMILES string of the molecule is CN=C(NC1CC1C)N1CCN(C(C)(C)C(N)=O)CC1. The van der Waals surface area contributed by atoms with Crippen molar-refractivity contribution in [3.63, 3.8) is 0 Å². The average Bonchev–Trinajstić information content (AvgIpc) is 3.11. The van der Waals surface area contributed by atoms with Gasteiger partial charge < -0.3 is 16.0 Å². The summed E-state index contributed by atoms with van der Waals surface area (Å²) >= 11 is 0. The Kier molecular flexibility index (Phi) is 4.22. The molecule has 2 atom stereocenters. The van der Waals surface area contributed by atoms with E-state index in [1.807, 2.05) is 20.9 Å². The highest BCUT2D eigenvalue weighted by Crippen LogP contribution is 2.29. The number of hydrogen-bond acceptors (Lipinski definition) is 3. The Morgan fingerprint density at radius 2 is 1.85 bits per heavy atom. The van der Waals surface area contributed by atoms with Gasteiger partial charge in [0.2, 0.25) is 5.91 Å². The van der Waals surface area contributed by atoms with Gasteiger partial charge in [-0.15, -0.1) is 0 Å². The van der Waals surface area contributed by atoms with E-state index in [0.29, 0.717) is 6.04 Å². The van der Waals surface area contributed by atoms with Crippen LogP contribution in [0.25, 0.3) is 0 Å². The van der Waals surface area contributed by atoms with Crippen LogP contribution in [0.4, 0.5) is 0 Å². The van der Waals surface area contributed by atoms with Gasteiger partial charge in [-0.05, 0) is 26.2 Å². The third kappa shape index (κ3) is 3.06. The topological polar surface area (TPSA) is 74.0 Å². The van der Waals surface area contributed by atoms with Crippen LogP contribution in [0.5, 0.6) is 0 Å². The number of carbonyl (C=O) groups excluding carboxylic acids is 1. The molecular formula is C14H27N5O. The van der Waals surface area contributed by atoms with Gasteiger partial charge in [-0.1, -0.05) is 6.92 Å². The first-order valence-electron chi connectivity index (χ1n) is 7.39. The van der Waals surface area contributed by atoms with Gasteiger partial charge in [0.05, 0.1) is 5.54 Å². The van der Waals surface area contributed by atoms with Crippen molar-refractivity contribution in [2.45, 2.75) is 38.8 Å². The second kappa shape index (κ2) is 5.60. The third-order valence-corrected chi connectivity index (χ3v) is 4.61. The Hall–Kier alpha value is -1.30. The highest BCUT2D eigenvalue weighted by molar-refractivity contribution is 5.84. The number of hydrogen-bond donors (Lipinski definition) is 2. The second-order valence-corrected chi connectivity index (χ2v) is 6.41. The summed E-state index contributed by atoms with van der Waals surface area (Å²) in [7, 11) is 1.83. The molecule has 2 unspecified atom stereocenters. The number of guanidine groups is 1. The lowest BCUT2D eigenvalue weighted by Crippen LogP contribution is -2.61. The zero-order valence-corrected chi connectivity index (χ0v) is 13.0. The summed E-state index contributed by atoms with van der Waals surface area (Å²) in [5.74, 6) is 1.47. The van der Waals surface area contributed by atoms with Crippen LogP contribution in [-0.4, -0.2) is 66.5 Å². The Balaban J connectivity index is 1.88. The van der Waals surface area contributed by atoms with Crippen molar-refractivity contribution in [2.24, 2.45) is 16.6 Å². The van der Waals surface area contributed by atoms with Gasteiger partial charge >= 0.3 is 0 Å². The fraction of sp³-hybridized carbons (Fsp3) is 0.857. The number of amides is 1. The maximum absolute atomic E-state index is 11.5. The van der Waals surface area contributed by atoms with Crippen molar-refractivity contribution in [1.82, 2.24) is 15.1 Å². The largest absolute Gasteiger partial charge is 0.368 e. The number of rotatable bonds is 3. The monoisotopic (exact) mass is 281 g/mol. The van der Waals surface area contributed by atoms with Gasteiger partial charge in [0.1, 0.15) is 0 Å². The molecule has 3 N–H and O–H groups in total. The summed E-state index contributed by atoms with van der Waals surface area (Å²) in [5.41, 5.74) is 4.91. The Labute approximate surface area is 121 Å². The number of nitrogens with two attached hydrogens (primary N) is 1. The first kappa shape index (κ1) is 15.1. The molecule has 2 fully saturated rings. The summed E-state index contributed by atoms with van der Waals surface area (Å²) in [5, 5.41) is 3.50. The Bertz CT molecular complexity index is 398. The van der Waals surface area contributed by atoms with Crippen LogP contribution >= 0.6 is 0 Å². The van der Waals surface area contributed by atoms with Crippen LogP contribution in [0.1, 0.15) is 27.2 Å². The second-order valence-electron chi connectivity index (χ2n) is 6.41. The zero-order valence-electron chi connectivity index (χ0n) is 13.0. The summed E-state index contributed by atoms with van der Waals surface area (Å²) in [4.78, 5) is 20.3. The minimum absolute atomic E-state index is 0.264. The summed E-state index contributed by atoms with van der Waals surface area (Å²) in [6.07, 6.45) is 1.23. The smallest absolute Gasteiger partial charge is 0.237 e. The van der Waals surface area contributed by atoms with Crippen LogP contribution in [0.2, 0.25) is 0 Å². The highest BCUT2D eigenvalue weighted by Gasteiger charge is 2.37. The molecule has 0 aromatic carbocycles. The molecule has 1 saturated heterocycles. The summed E-state index contributed by atoms with van der Waals surface area (Å²) < 4.78 is 0. The van der Waals surface area contributed by atoms with Crippen LogP contribution < -0.4 is 11.1 Å². The van der Waals surface area contributed by atoms with E-state index in [1.165, 1.54) is 6.42 Å². The molecule has 1 amide bonds. The number of piperazine rings is 1. The van der Waals surface area contributed by atoms with E-state index < -0.39 is 5.54 Å². The van der Waals surface area contributed by atoms with E-state index in [2.05, 4.69) is 27.0 Å². The maximum atomic E-state index is 11.5. The van der Waals surface area contributed by atoms with Crippen LogP contribution in [0.15, 0.2) is 4.99 Å². The molecule has 0 bridgehead atoms. The van der Waals surface area contributed by atoms with Gasteiger partial charge in [0, 0.05) is 39.3 Å². The van der Waals surface area contributed by atoms with Crippen molar-refractivity contribution in [3.05, 3.63) is 0 Å². The Morgan fingerprint density at radius 1 is 1.30 bits per heavy atom. The molecule has 2 rings (SSSR count). The molecule has 114 valence electrons. The summed E-state index contributed by atoms with van der Waals surface area (Å²) in [6, 6.07) is 0.578. The van der Waals surface area contributed by atoms with Crippen molar-refractivity contribution in [3.8, 4) is 0 Å². The fourth-order valence-electron chi connectivity index (χ4n) is 2.62. The van der Waals surface area contributed by atoms with E-state index in [1.54, 1.807) is 0 Å². The molecule has 2 aliphatic rings. The van der Waals surface area contributed by atoms with E-state index >= 15 is 0 Å². The molecule has 1 aliphatic carbocycles. The number of nitrogens with one attached hydrogen (secondary N) is 1. The lowest BCUT2D eigenvalue weighted by Gasteiger charge is -2.43. The molecule has 6 heteroatoms. The zero-order chi connectivity index (χ0) is 14.9. The van der Waals surface area contributed by atoms with E-state index in [9.17, 15) is 4.79 Å². The highest BCUT2D eigenvalue weighted by atomic mass is 16.1. The van der Waals surface area contributed by atoms with E-state index in [-0.39, 0.29) is 5.91 Å². The predicted octanol–water partition coefficient (Wildman–Crippen LogP) is -0.148. The van der Waals surface area contributed by atoms with Crippen molar-refractivity contribution < 1.29 is 4.79 Å². The number of nitrogens with zero attached hydrogens (tertiary/aromatic N) is 3. The molecule has 6 nitrogen and oxygen atoms in total. The summed E-state index contributed by atoms with van der Waals surface area (Å²) in [6.45, 7) is 9.44. The number of primary amides is 1. The van der Waals surface area contributed by atoms with Gasteiger partial charge in [-0.2, -0.15) is 0 Å². The predicted molar refractivity (Wildman–Crippen MR) is 80.5 cm³/mol. The van der Waals surface area contributed by atoms with Crippen molar-refractivity contribution in [1.29, 1.82) is 0 Å². The van der Waals surface area contributed by atoms with Crippen LogP contribution in [0, 0.1) is 5.92 Å². The van der Waals surface area contributed by atoms with Gasteiger partial charge in [-0.25, -0.2) is 0 Å². The molecular weight excluding hydrogens is 254 g/mol. The standard InChI is InChI=1S/C14H27N5O/c1-10-9-11(10)17-13(16-4)18-5-7-19(8-6-18)14(2,3)12(15)20/h10-11H,5-9H2,1-4H3,(H2,15,20)(H,16,17).